The van der Waals surface area contributed by atoms with Crippen molar-refractivity contribution in [2.75, 3.05) is 0 Å². The molecule has 0 unspecified atom stereocenters. The van der Waals surface area contributed by atoms with Crippen LogP contribution >= 0.6 is 22.6 Å². The Labute approximate surface area is 244 Å². The molecule has 3 nitrogen and oxygen atoms in total. The molecule has 0 saturated carbocycles. The third-order valence-corrected chi connectivity index (χ3v) is 9.71. The van der Waals surface area contributed by atoms with Crippen molar-refractivity contribution >= 4 is 77.5 Å². The molecule has 1 aliphatic rings. The predicted octanol–water partition coefficient (Wildman–Crippen LogP) is 10.2. The lowest BCUT2D eigenvalue weighted by molar-refractivity contribution is 0.0517. The summed E-state index contributed by atoms with van der Waals surface area (Å²) in [6.07, 6.45) is 11.0. The first-order valence-corrected chi connectivity index (χ1v) is 15.8. The minimum Gasteiger partial charge on any atom is -0.271 e. The maximum absolute atomic E-state index is 14.1. The maximum Gasteiger partial charge on any atom is 0.261 e. The second kappa shape index (κ2) is 11.0. The van der Waals surface area contributed by atoms with Crippen LogP contribution in [0.3, 0.4) is 0 Å². The highest BCUT2D eigenvalue weighted by Crippen LogP contribution is 2.45. The van der Waals surface area contributed by atoms with Crippen LogP contribution in [0.5, 0.6) is 0 Å². The number of hydrogen-bond acceptors (Lipinski definition) is 2. The van der Waals surface area contributed by atoms with E-state index in [0.29, 0.717) is 11.1 Å². The third-order valence-electron chi connectivity index (χ3n) is 8.77. The molecule has 0 N–H and O–H groups in total. The fourth-order valence-electron chi connectivity index (χ4n) is 6.82. The Hall–Kier alpha value is -2.73. The number of nitrogens with zero attached hydrogens (tertiary/aromatic N) is 1. The van der Waals surface area contributed by atoms with Crippen molar-refractivity contribution in [1.82, 2.24) is 4.90 Å². The van der Waals surface area contributed by atoms with Crippen LogP contribution < -0.4 is 0 Å². The molecule has 0 saturated heterocycles. The van der Waals surface area contributed by atoms with Gasteiger partial charge in [0.1, 0.15) is 0 Å². The lowest BCUT2D eigenvalue weighted by Gasteiger charge is -2.34. The van der Waals surface area contributed by atoms with Crippen LogP contribution in [0.4, 0.5) is 0 Å². The number of carbonyl (C=O) groups is 2. The van der Waals surface area contributed by atoms with Crippen LogP contribution in [-0.4, -0.2) is 22.8 Å². The molecule has 0 fully saturated rings. The largest absolute Gasteiger partial charge is 0.271 e. The summed E-state index contributed by atoms with van der Waals surface area (Å²) in [5.41, 5.74) is 1.36. The zero-order valence-electron chi connectivity index (χ0n) is 23.0. The number of fused-ring (bicyclic) bond motifs is 2. The molecule has 6 rings (SSSR count). The first-order chi connectivity index (χ1) is 19.1. The van der Waals surface area contributed by atoms with Gasteiger partial charge in [-0.1, -0.05) is 102 Å². The van der Waals surface area contributed by atoms with Gasteiger partial charge >= 0.3 is 0 Å². The molecule has 0 atom stereocenters. The number of amides is 2. The van der Waals surface area contributed by atoms with Crippen LogP contribution in [0.15, 0.2) is 54.6 Å². The van der Waals surface area contributed by atoms with Crippen molar-refractivity contribution < 1.29 is 9.59 Å². The smallest absolute Gasteiger partial charge is 0.261 e. The van der Waals surface area contributed by atoms with E-state index in [2.05, 4.69) is 78.9 Å². The highest BCUT2D eigenvalue weighted by molar-refractivity contribution is 14.1. The Bertz CT molecular complexity index is 1620. The Balaban J connectivity index is 1.49. The van der Waals surface area contributed by atoms with Crippen LogP contribution in [0.25, 0.3) is 43.1 Å². The summed E-state index contributed by atoms with van der Waals surface area (Å²) in [7, 11) is 0. The number of imide groups is 1. The normalized spacial score (nSPS) is 13.8. The van der Waals surface area contributed by atoms with Crippen molar-refractivity contribution in [3.8, 4) is 0 Å². The Kier molecular flexibility index (Phi) is 7.49. The lowest BCUT2D eigenvalue weighted by Crippen LogP contribution is -2.47. The van der Waals surface area contributed by atoms with Crippen LogP contribution in [0, 0.1) is 3.57 Å². The fourth-order valence-corrected chi connectivity index (χ4v) is 7.45. The molecule has 0 radical (unpaired) electrons. The van der Waals surface area contributed by atoms with Gasteiger partial charge in [0.05, 0.1) is 0 Å². The summed E-state index contributed by atoms with van der Waals surface area (Å²) in [5.74, 6) is -0.224. The molecule has 5 aromatic rings. The zero-order valence-corrected chi connectivity index (χ0v) is 25.1. The van der Waals surface area contributed by atoms with Gasteiger partial charge in [0.25, 0.3) is 11.8 Å². The number of carbonyl (C=O) groups excluding carboxylic acids is 2. The summed E-state index contributed by atoms with van der Waals surface area (Å²) >= 11 is 2.41. The average Bonchev–Trinajstić information content (AvgIpc) is 2.95. The van der Waals surface area contributed by atoms with Crippen molar-refractivity contribution in [1.29, 1.82) is 0 Å². The second-order valence-corrected chi connectivity index (χ2v) is 12.4. The van der Waals surface area contributed by atoms with Gasteiger partial charge in [0, 0.05) is 26.1 Å². The van der Waals surface area contributed by atoms with Crippen LogP contribution in [-0.2, 0) is 0 Å². The summed E-state index contributed by atoms with van der Waals surface area (Å²) < 4.78 is 1.23. The van der Waals surface area contributed by atoms with E-state index in [4.69, 9.17) is 0 Å². The van der Waals surface area contributed by atoms with Gasteiger partial charge in [-0.25, -0.2) is 0 Å². The van der Waals surface area contributed by atoms with E-state index < -0.39 is 0 Å². The quantitative estimate of drug-likeness (QED) is 0.0479. The molecule has 200 valence electrons. The highest BCUT2D eigenvalue weighted by atomic mass is 127. The highest BCUT2D eigenvalue weighted by Gasteiger charge is 2.38. The Morgan fingerprint density at radius 3 is 1.69 bits per heavy atom. The minimum atomic E-state index is -0.112. The summed E-state index contributed by atoms with van der Waals surface area (Å²) in [6.45, 7) is 4.43. The second-order valence-electron chi connectivity index (χ2n) is 11.2. The monoisotopic (exact) mass is 629 g/mol. The summed E-state index contributed by atoms with van der Waals surface area (Å²) in [5, 5.41) is 9.01. The molecule has 0 aliphatic carbocycles. The number of hydrogen-bond donors (Lipinski definition) is 0. The fraction of sp³-hybridized carbons (Fsp3) is 0.371. The Morgan fingerprint density at radius 1 is 0.590 bits per heavy atom. The van der Waals surface area contributed by atoms with Gasteiger partial charge in [0.15, 0.2) is 0 Å². The van der Waals surface area contributed by atoms with Crippen molar-refractivity contribution in [3.63, 3.8) is 0 Å². The molecular formula is C35H36INO2. The minimum absolute atomic E-state index is 0.0364. The number of unbranched alkanes of at least 4 members (excludes halogenated alkanes) is 6. The topological polar surface area (TPSA) is 37.4 Å². The van der Waals surface area contributed by atoms with Crippen molar-refractivity contribution in [3.05, 3.63) is 69.3 Å². The number of benzene rings is 5. The third kappa shape index (κ3) is 4.39. The van der Waals surface area contributed by atoms with Gasteiger partial charge in [-0.15, -0.1) is 0 Å². The number of rotatable bonds is 11. The summed E-state index contributed by atoms with van der Waals surface area (Å²) in [6, 6.07) is 19.0. The molecule has 0 spiro atoms. The van der Waals surface area contributed by atoms with E-state index in [1.807, 2.05) is 12.1 Å². The van der Waals surface area contributed by atoms with Gasteiger partial charge in [-0.2, -0.15) is 0 Å². The first-order valence-electron chi connectivity index (χ1n) is 14.8. The SMILES string of the molecule is CCCCCCC(CCCCCC)N1C(=O)c2ccc3c4cccc5c(I)ccc(c6ccc(c2c36)C1=O)c54. The molecular weight excluding hydrogens is 593 g/mol. The van der Waals surface area contributed by atoms with E-state index in [1.54, 1.807) is 4.90 Å². The predicted molar refractivity (Wildman–Crippen MR) is 172 cm³/mol. The molecule has 4 heteroatoms. The maximum atomic E-state index is 14.1. The first kappa shape index (κ1) is 26.5. The number of halogens is 1. The van der Waals surface area contributed by atoms with Gasteiger partial charge < -0.3 is 0 Å². The van der Waals surface area contributed by atoms with Crippen LogP contribution in [0.2, 0.25) is 0 Å². The molecule has 0 bridgehead atoms. The molecule has 1 heterocycles. The van der Waals surface area contributed by atoms with Crippen LogP contribution in [0.1, 0.15) is 98.8 Å². The molecule has 2 amide bonds. The van der Waals surface area contributed by atoms with Gasteiger partial charge in [0.2, 0.25) is 0 Å². The van der Waals surface area contributed by atoms with E-state index >= 15 is 0 Å². The van der Waals surface area contributed by atoms with E-state index in [9.17, 15) is 9.59 Å². The molecule has 5 aromatic carbocycles. The van der Waals surface area contributed by atoms with Gasteiger partial charge in [-0.05, 0) is 91.3 Å². The molecule has 39 heavy (non-hydrogen) atoms. The summed E-state index contributed by atoms with van der Waals surface area (Å²) in [4.78, 5) is 29.9. The standard InChI is InChI=1S/C35H36INO2/c1-3-5-7-9-12-22(13-10-8-6-4-2)37-34(38)28-18-16-25-23-14-11-15-27-30(36)21-20-24(31(23)27)26-17-19-29(35(37)39)33(28)32(25)26/h11,14-22H,3-10,12-13H2,1-2H3. The zero-order chi connectivity index (χ0) is 27.1. The molecule has 0 aromatic heterocycles. The lowest BCUT2D eigenvalue weighted by atomic mass is 9.84. The average molecular weight is 630 g/mol. The van der Waals surface area contributed by atoms with E-state index in [0.717, 1.165) is 60.1 Å². The molecule has 1 aliphatic heterocycles. The van der Waals surface area contributed by atoms with Gasteiger partial charge in [-0.3, -0.25) is 14.5 Å². The van der Waals surface area contributed by atoms with E-state index in [1.165, 1.54) is 50.8 Å². The van der Waals surface area contributed by atoms with Crippen molar-refractivity contribution in [2.24, 2.45) is 0 Å². The van der Waals surface area contributed by atoms with E-state index in [-0.39, 0.29) is 17.9 Å². The van der Waals surface area contributed by atoms with Crippen molar-refractivity contribution in [2.45, 2.75) is 84.1 Å². The Morgan fingerprint density at radius 2 is 1.10 bits per heavy atom.